The summed E-state index contributed by atoms with van der Waals surface area (Å²) in [6.45, 7) is 0. The number of aromatic nitrogens is 1. The molecule has 2 rings (SSSR count). The fourth-order valence-corrected chi connectivity index (χ4v) is 1.000. The number of nitrogens with zero attached hydrogens (tertiary/aromatic N) is 2. The smallest absolute Gasteiger partial charge is 0.301 e. The van der Waals surface area contributed by atoms with Gasteiger partial charge in [-0.15, -0.1) is 0 Å². The van der Waals surface area contributed by atoms with Gasteiger partial charge in [-0.2, -0.15) is 10.2 Å². The molecule has 0 saturated carbocycles. The van der Waals surface area contributed by atoms with Crippen LogP contribution >= 0.6 is 0 Å². The highest BCUT2D eigenvalue weighted by Crippen LogP contribution is 2.29. The second-order valence-electron chi connectivity index (χ2n) is 2.44. The Morgan fingerprint density at radius 1 is 1.31 bits per heavy atom. The Labute approximate surface area is 72.5 Å². The van der Waals surface area contributed by atoms with E-state index in [9.17, 15) is 0 Å². The first-order valence-corrected chi connectivity index (χ1v) is 3.43. The molecule has 1 heterocycles. The molecule has 0 aliphatic heterocycles. The number of hydrogen-bond donors (Lipinski definition) is 2. The molecule has 5 heteroatoms. The van der Waals surface area contributed by atoms with E-state index in [1.807, 2.05) is 0 Å². The van der Waals surface area contributed by atoms with Crippen molar-refractivity contribution in [3.8, 4) is 17.6 Å². The lowest BCUT2D eigenvalue weighted by Gasteiger charge is -1.93. The van der Waals surface area contributed by atoms with Crippen LogP contribution in [0, 0.1) is 11.3 Å². The van der Waals surface area contributed by atoms with E-state index in [-0.39, 0.29) is 23.0 Å². The largest absolute Gasteiger partial charge is 0.504 e. The second kappa shape index (κ2) is 2.38. The predicted octanol–water partition coefficient (Wildman–Crippen LogP) is 1.11. The maximum Gasteiger partial charge on any atom is 0.301 e. The van der Waals surface area contributed by atoms with Crippen molar-refractivity contribution in [1.29, 1.82) is 5.26 Å². The van der Waals surface area contributed by atoms with E-state index in [1.165, 1.54) is 12.1 Å². The van der Waals surface area contributed by atoms with Gasteiger partial charge in [0.2, 0.25) is 0 Å². The highest BCUT2D eigenvalue weighted by Gasteiger charge is 2.08. The van der Waals surface area contributed by atoms with Crippen LogP contribution in [-0.2, 0) is 0 Å². The van der Waals surface area contributed by atoms with E-state index in [4.69, 9.17) is 19.9 Å². The maximum atomic E-state index is 9.08. The van der Waals surface area contributed by atoms with Crippen molar-refractivity contribution >= 4 is 11.1 Å². The third-order valence-corrected chi connectivity index (χ3v) is 1.58. The Bertz CT molecular complexity index is 471. The third-order valence-electron chi connectivity index (χ3n) is 1.58. The van der Waals surface area contributed by atoms with Gasteiger partial charge in [-0.3, -0.25) is 0 Å². The Hall–Kier alpha value is -2.22. The van der Waals surface area contributed by atoms with Crippen molar-refractivity contribution in [2.45, 2.75) is 0 Å². The number of phenolic OH excluding ortho intramolecular Hbond substituents is 2. The molecule has 1 aromatic carbocycles. The average Bonchev–Trinajstić information content (AvgIpc) is 2.48. The highest BCUT2D eigenvalue weighted by molar-refractivity contribution is 5.77. The lowest BCUT2D eigenvalue weighted by Crippen LogP contribution is -1.71. The number of nitriles is 1. The molecule has 0 spiro atoms. The molecule has 13 heavy (non-hydrogen) atoms. The number of oxazole rings is 1. The molecule has 0 fully saturated rings. The van der Waals surface area contributed by atoms with Crippen molar-refractivity contribution in [2.24, 2.45) is 0 Å². The Kier molecular flexibility index (Phi) is 1.36. The molecule has 0 aliphatic rings. The van der Waals surface area contributed by atoms with E-state index in [0.717, 1.165) is 0 Å². The Morgan fingerprint density at radius 3 is 2.69 bits per heavy atom. The van der Waals surface area contributed by atoms with E-state index in [1.54, 1.807) is 6.07 Å². The Morgan fingerprint density at radius 2 is 2.00 bits per heavy atom. The molecule has 2 aromatic rings. The summed E-state index contributed by atoms with van der Waals surface area (Å²) in [6.07, 6.45) is 0. The number of hydrogen-bond acceptors (Lipinski definition) is 5. The third kappa shape index (κ3) is 1.05. The minimum Gasteiger partial charge on any atom is -0.504 e. The van der Waals surface area contributed by atoms with Crippen LogP contribution in [0.2, 0.25) is 0 Å². The molecular weight excluding hydrogens is 172 g/mol. The molecular formula is C8H4N2O3. The molecule has 0 aliphatic carbocycles. The molecule has 1 aromatic heterocycles. The minimum atomic E-state index is -0.298. The van der Waals surface area contributed by atoms with E-state index >= 15 is 0 Å². The van der Waals surface area contributed by atoms with Crippen LogP contribution in [0.3, 0.4) is 0 Å². The van der Waals surface area contributed by atoms with Gasteiger partial charge in [0.15, 0.2) is 23.2 Å². The summed E-state index contributed by atoms with van der Waals surface area (Å²) in [7, 11) is 0. The molecule has 0 unspecified atom stereocenters. The van der Waals surface area contributed by atoms with Crippen LogP contribution in [-0.4, -0.2) is 15.2 Å². The van der Waals surface area contributed by atoms with Crippen LogP contribution in [0.15, 0.2) is 16.5 Å². The van der Waals surface area contributed by atoms with Gasteiger partial charge in [-0.1, -0.05) is 0 Å². The molecule has 0 radical (unpaired) electrons. The van der Waals surface area contributed by atoms with E-state index < -0.39 is 0 Å². The monoisotopic (exact) mass is 176 g/mol. The van der Waals surface area contributed by atoms with E-state index in [2.05, 4.69) is 4.98 Å². The number of aromatic hydroxyl groups is 2. The molecule has 0 atom stereocenters. The van der Waals surface area contributed by atoms with Gasteiger partial charge in [-0.25, -0.2) is 0 Å². The van der Waals surface area contributed by atoms with Gasteiger partial charge in [-0.05, 0) is 0 Å². The van der Waals surface area contributed by atoms with Crippen molar-refractivity contribution < 1.29 is 14.6 Å². The lowest BCUT2D eigenvalue weighted by molar-refractivity contribution is 0.404. The fourth-order valence-electron chi connectivity index (χ4n) is 1.000. The first-order valence-electron chi connectivity index (χ1n) is 3.43. The maximum absolute atomic E-state index is 9.08. The van der Waals surface area contributed by atoms with Crippen LogP contribution in [0.1, 0.15) is 5.89 Å². The van der Waals surface area contributed by atoms with Gasteiger partial charge in [0.1, 0.15) is 5.52 Å². The summed E-state index contributed by atoms with van der Waals surface area (Å²) in [4.78, 5) is 3.73. The quantitative estimate of drug-likeness (QED) is 0.586. The van der Waals surface area contributed by atoms with Gasteiger partial charge >= 0.3 is 5.89 Å². The summed E-state index contributed by atoms with van der Waals surface area (Å²) >= 11 is 0. The molecule has 2 N–H and O–H groups in total. The van der Waals surface area contributed by atoms with Gasteiger partial charge in [0.05, 0.1) is 0 Å². The average molecular weight is 176 g/mol. The normalized spacial score (nSPS) is 10.1. The Balaban J connectivity index is 2.79. The standard InChI is InChI=1S/C8H4N2O3/c9-3-8-10-4-1-5(11)6(12)2-7(4)13-8/h1-2,11-12H. The summed E-state index contributed by atoms with van der Waals surface area (Å²) in [5.74, 6) is -0.682. The topological polar surface area (TPSA) is 90.3 Å². The minimum absolute atomic E-state index is 0.0972. The van der Waals surface area contributed by atoms with Crippen molar-refractivity contribution in [2.75, 3.05) is 0 Å². The summed E-state index contributed by atoms with van der Waals surface area (Å²) in [5, 5.41) is 26.6. The molecule has 5 nitrogen and oxygen atoms in total. The number of benzene rings is 1. The van der Waals surface area contributed by atoms with Crippen LogP contribution in [0.4, 0.5) is 0 Å². The SMILES string of the molecule is N#Cc1nc2cc(O)c(O)cc2o1. The predicted molar refractivity (Wildman–Crippen MR) is 42.1 cm³/mol. The zero-order chi connectivity index (χ0) is 9.42. The van der Waals surface area contributed by atoms with Gasteiger partial charge < -0.3 is 14.6 Å². The summed E-state index contributed by atoms with van der Waals surface area (Å²) in [6, 6.07) is 4.15. The van der Waals surface area contributed by atoms with Crippen LogP contribution in [0.5, 0.6) is 11.5 Å². The lowest BCUT2D eigenvalue weighted by atomic mass is 10.3. The highest BCUT2D eigenvalue weighted by atomic mass is 16.3. The number of rotatable bonds is 0. The van der Waals surface area contributed by atoms with Gasteiger partial charge in [0, 0.05) is 12.1 Å². The molecule has 0 saturated heterocycles. The van der Waals surface area contributed by atoms with Crippen LogP contribution < -0.4 is 0 Å². The van der Waals surface area contributed by atoms with Crippen molar-refractivity contribution in [3.05, 3.63) is 18.0 Å². The van der Waals surface area contributed by atoms with Crippen molar-refractivity contribution in [3.63, 3.8) is 0 Å². The first-order chi connectivity index (χ1) is 6.20. The molecule has 64 valence electrons. The van der Waals surface area contributed by atoms with Crippen molar-refractivity contribution in [1.82, 2.24) is 4.98 Å². The summed E-state index contributed by atoms with van der Waals surface area (Å²) in [5.41, 5.74) is 0.610. The fraction of sp³-hybridized carbons (Fsp3) is 0. The van der Waals surface area contributed by atoms with E-state index in [0.29, 0.717) is 5.52 Å². The number of fused-ring (bicyclic) bond motifs is 1. The van der Waals surface area contributed by atoms with Crippen LogP contribution in [0.25, 0.3) is 11.1 Å². The first kappa shape index (κ1) is 7.43. The molecule has 0 bridgehead atoms. The zero-order valence-electron chi connectivity index (χ0n) is 6.35. The zero-order valence-corrected chi connectivity index (χ0v) is 6.35. The van der Waals surface area contributed by atoms with Gasteiger partial charge in [0.25, 0.3) is 0 Å². The second-order valence-corrected chi connectivity index (χ2v) is 2.44. The summed E-state index contributed by atoms with van der Waals surface area (Å²) < 4.78 is 4.91. The molecule has 0 amide bonds. The number of phenols is 2.